The lowest BCUT2D eigenvalue weighted by Crippen LogP contribution is -2.52. The zero-order chi connectivity index (χ0) is 42.5. The van der Waals surface area contributed by atoms with Crippen LogP contribution in [0.4, 0.5) is 4.79 Å². The maximum atomic E-state index is 8.56. The fraction of sp³-hybridized carbons (Fsp3) is 0.909. The molecular formula is C55H92O4. The van der Waals surface area contributed by atoms with Crippen molar-refractivity contribution >= 4 is 6.16 Å². The number of hydrogen-bond acceptors (Lipinski definition) is 2. The van der Waals surface area contributed by atoms with Crippen molar-refractivity contribution in [3.05, 3.63) is 23.3 Å². The number of carbonyl (C=O) groups is 1. The van der Waals surface area contributed by atoms with Gasteiger partial charge in [0.15, 0.2) is 0 Å². The molecule has 8 unspecified atom stereocenters. The Kier molecular flexibility index (Phi) is 14.0. The molecule has 0 aromatic carbocycles. The molecule has 0 bridgehead atoms. The third-order valence-corrected chi connectivity index (χ3v) is 20.9. The molecule has 0 aromatic heterocycles. The van der Waals surface area contributed by atoms with Crippen molar-refractivity contribution in [3.8, 4) is 0 Å². The molecule has 0 aromatic rings. The van der Waals surface area contributed by atoms with Crippen LogP contribution in [0.2, 0.25) is 0 Å². The molecule has 8 aliphatic carbocycles. The predicted octanol–water partition coefficient (Wildman–Crippen LogP) is 16.0. The van der Waals surface area contributed by atoms with E-state index in [1.165, 1.54) is 141 Å². The first-order chi connectivity index (χ1) is 27.9. The molecule has 336 valence electrons. The third-order valence-electron chi connectivity index (χ3n) is 20.9. The molecule has 0 aliphatic heterocycles. The Labute approximate surface area is 363 Å². The Bertz CT molecular complexity index is 1400. The van der Waals surface area contributed by atoms with Gasteiger partial charge in [0, 0.05) is 0 Å². The van der Waals surface area contributed by atoms with E-state index in [9.17, 15) is 0 Å². The molecule has 0 heterocycles. The standard InChI is InChI=1S/C54H90O.CH2O3/c1-35(2)13-11-15-37(5)45-21-23-47-43-19-17-39-33-41(25-29-51(39,7)49(43)27-31-53(45,47)9)55-42-26-30-52(8)40(34-42)18-20-44-48-24-22-46(38(6)16-12-14-36(3)4)54(48,10)32-28-50(44)52;2-1(3)4/h17-18,35-38,41-50H,11-16,19-34H2,1-10H3;(H2,2,3,4)/t37-,38-,41?,42?,43?,44?,45-,46-,47?,48?,49?,50?,51+,52+,53-,54-;/m1./s1. The molecule has 8 aliphatic rings. The highest BCUT2D eigenvalue weighted by atomic mass is 16.6. The second-order valence-electron chi connectivity index (χ2n) is 24.7. The van der Waals surface area contributed by atoms with E-state index in [2.05, 4.69) is 81.4 Å². The molecule has 4 heteroatoms. The second kappa shape index (κ2) is 18.1. The van der Waals surface area contributed by atoms with Crippen LogP contribution in [-0.4, -0.2) is 28.6 Å². The lowest BCUT2D eigenvalue weighted by Gasteiger charge is -2.59. The molecule has 8 rings (SSSR count). The smallest absolute Gasteiger partial charge is 0.450 e. The normalized spacial score (nSPS) is 44.7. The summed E-state index contributed by atoms with van der Waals surface area (Å²) in [5.74, 6) is 11.1. The van der Waals surface area contributed by atoms with Crippen LogP contribution in [0.5, 0.6) is 0 Å². The predicted molar refractivity (Wildman–Crippen MR) is 245 cm³/mol. The van der Waals surface area contributed by atoms with Gasteiger partial charge in [0.2, 0.25) is 0 Å². The van der Waals surface area contributed by atoms with E-state index in [1.807, 2.05) is 11.1 Å². The molecule has 6 fully saturated rings. The van der Waals surface area contributed by atoms with Crippen molar-refractivity contribution in [1.82, 2.24) is 0 Å². The first-order valence-electron chi connectivity index (χ1n) is 25.9. The van der Waals surface area contributed by atoms with Crippen LogP contribution in [-0.2, 0) is 4.74 Å². The molecule has 6 saturated carbocycles. The van der Waals surface area contributed by atoms with Crippen LogP contribution in [0.1, 0.15) is 210 Å². The molecule has 0 spiro atoms. The number of hydrogen-bond donors (Lipinski definition) is 2. The van der Waals surface area contributed by atoms with Gasteiger partial charge in [-0.2, -0.15) is 0 Å². The second-order valence-corrected chi connectivity index (χ2v) is 24.7. The van der Waals surface area contributed by atoms with E-state index >= 15 is 0 Å². The number of rotatable bonds is 12. The monoisotopic (exact) mass is 817 g/mol. The van der Waals surface area contributed by atoms with Gasteiger partial charge in [-0.05, 0) is 195 Å². The number of allylic oxidation sites excluding steroid dienone is 2. The van der Waals surface area contributed by atoms with E-state index < -0.39 is 6.16 Å². The van der Waals surface area contributed by atoms with Gasteiger partial charge in [-0.15, -0.1) is 0 Å². The van der Waals surface area contributed by atoms with Crippen LogP contribution >= 0.6 is 0 Å². The Balaban J connectivity index is 0.00000126. The summed E-state index contributed by atoms with van der Waals surface area (Å²) in [6.45, 7) is 25.9. The van der Waals surface area contributed by atoms with Crippen LogP contribution < -0.4 is 0 Å². The summed E-state index contributed by atoms with van der Waals surface area (Å²) >= 11 is 0. The van der Waals surface area contributed by atoms with Crippen LogP contribution in [0.25, 0.3) is 0 Å². The van der Waals surface area contributed by atoms with Gasteiger partial charge in [0.1, 0.15) is 0 Å². The lowest BCUT2D eigenvalue weighted by molar-refractivity contribution is -0.0927. The maximum Gasteiger partial charge on any atom is 0.503 e. The molecule has 2 N–H and O–H groups in total. The van der Waals surface area contributed by atoms with Crippen molar-refractivity contribution in [2.45, 2.75) is 223 Å². The first-order valence-corrected chi connectivity index (χ1v) is 25.9. The van der Waals surface area contributed by atoms with Gasteiger partial charge in [0.25, 0.3) is 0 Å². The van der Waals surface area contributed by atoms with Crippen LogP contribution in [0.15, 0.2) is 23.3 Å². The first kappa shape index (κ1) is 45.7. The largest absolute Gasteiger partial charge is 0.503 e. The summed E-state index contributed by atoms with van der Waals surface area (Å²) in [4.78, 5) is 8.56. The average Bonchev–Trinajstić information content (AvgIpc) is 3.71. The van der Waals surface area contributed by atoms with E-state index in [0.29, 0.717) is 33.9 Å². The average molecular weight is 817 g/mol. The van der Waals surface area contributed by atoms with Gasteiger partial charge >= 0.3 is 6.16 Å². The number of fused-ring (bicyclic) bond motifs is 10. The lowest BCUT2D eigenvalue weighted by atomic mass is 9.46. The summed E-state index contributed by atoms with van der Waals surface area (Å²) in [6, 6.07) is 0. The Morgan fingerprint density at radius 1 is 0.576 bits per heavy atom. The van der Waals surface area contributed by atoms with Crippen molar-refractivity contribution in [3.63, 3.8) is 0 Å². The van der Waals surface area contributed by atoms with Gasteiger partial charge in [-0.3, -0.25) is 0 Å². The molecule has 4 nitrogen and oxygen atoms in total. The molecular weight excluding hydrogens is 725 g/mol. The van der Waals surface area contributed by atoms with E-state index in [-0.39, 0.29) is 0 Å². The van der Waals surface area contributed by atoms with E-state index in [1.54, 1.807) is 0 Å². The minimum Gasteiger partial charge on any atom is -0.450 e. The highest BCUT2D eigenvalue weighted by Crippen LogP contribution is 2.69. The molecule has 0 saturated heterocycles. The summed E-state index contributed by atoms with van der Waals surface area (Å²) in [7, 11) is 0. The van der Waals surface area contributed by atoms with E-state index in [4.69, 9.17) is 19.7 Å². The van der Waals surface area contributed by atoms with Gasteiger partial charge in [-0.1, -0.05) is 131 Å². The Hall–Kier alpha value is -1.29. The van der Waals surface area contributed by atoms with Crippen LogP contribution in [0, 0.1) is 92.7 Å². The maximum absolute atomic E-state index is 8.56. The highest BCUT2D eigenvalue weighted by Gasteiger charge is 2.61. The van der Waals surface area contributed by atoms with Crippen LogP contribution in [0.3, 0.4) is 0 Å². The fourth-order valence-corrected chi connectivity index (χ4v) is 17.8. The molecule has 0 radical (unpaired) electrons. The Morgan fingerprint density at radius 2 is 0.966 bits per heavy atom. The number of carboxylic acid groups (broad SMARTS) is 2. The third kappa shape index (κ3) is 8.82. The minimum absolute atomic E-state index is 0.428. The van der Waals surface area contributed by atoms with Gasteiger partial charge < -0.3 is 14.9 Å². The fourth-order valence-electron chi connectivity index (χ4n) is 17.8. The topological polar surface area (TPSA) is 66.8 Å². The highest BCUT2D eigenvalue weighted by molar-refractivity contribution is 5.53. The molecule has 0 amide bonds. The zero-order valence-corrected chi connectivity index (χ0v) is 40.0. The van der Waals surface area contributed by atoms with E-state index in [0.717, 1.165) is 71.0 Å². The zero-order valence-electron chi connectivity index (χ0n) is 40.0. The SMILES string of the molecule is CC(C)CCC[C@@H](C)[C@H]1CCC2C3CC=C4CC(OC5CC[C@@]6(C)C(=CCC7C6CC[C@@]6(C)C7CC[C@@H]6[C@H](C)CCCC(C)C)C5)CC[C@]4(C)C3CC[C@@]21C.O=C(O)O. The van der Waals surface area contributed by atoms with Gasteiger partial charge in [0.05, 0.1) is 12.2 Å². The van der Waals surface area contributed by atoms with Crippen molar-refractivity contribution in [1.29, 1.82) is 0 Å². The molecule has 59 heavy (non-hydrogen) atoms. The summed E-state index contributed by atoms with van der Waals surface area (Å²) < 4.78 is 7.26. The van der Waals surface area contributed by atoms with Crippen molar-refractivity contribution in [2.24, 2.45) is 92.7 Å². The molecule has 16 atom stereocenters. The Morgan fingerprint density at radius 3 is 1.34 bits per heavy atom. The summed E-state index contributed by atoms with van der Waals surface area (Å²) in [5, 5.41) is 13.9. The number of ether oxygens (including phenoxy) is 1. The quantitative estimate of drug-likeness (QED) is 0.193. The summed E-state index contributed by atoms with van der Waals surface area (Å²) in [5.41, 5.74) is 5.67. The minimum atomic E-state index is -1.83. The van der Waals surface area contributed by atoms with Crippen molar-refractivity contribution in [2.75, 3.05) is 0 Å². The van der Waals surface area contributed by atoms with Gasteiger partial charge in [-0.25, -0.2) is 4.79 Å². The summed E-state index contributed by atoms with van der Waals surface area (Å²) in [6.07, 6.45) is 35.8. The van der Waals surface area contributed by atoms with Crippen molar-refractivity contribution < 1.29 is 19.7 Å².